The molecule has 0 spiro atoms. The highest BCUT2D eigenvalue weighted by Crippen LogP contribution is 2.23. The van der Waals surface area contributed by atoms with Gasteiger partial charge in [0.15, 0.2) is 0 Å². The number of aromatic nitrogens is 2. The number of thioether (sulfide) groups is 1. The summed E-state index contributed by atoms with van der Waals surface area (Å²) in [5, 5.41) is 0. The Morgan fingerprint density at radius 1 is 1.75 bits per heavy atom. The first-order valence-corrected chi connectivity index (χ1v) is 5.33. The summed E-state index contributed by atoms with van der Waals surface area (Å²) in [7, 11) is 2.11. The van der Waals surface area contributed by atoms with Crippen molar-refractivity contribution in [3.8, 4) is 0 Å². The van der Waals surface area contributed by atoms with E-state index in [4.69, 9.17) is 0 Å². The Bertz CT molecular complexity index is 228. The normalized spacial score (nSPS) is 22.9. The van der Waals surface area contributed by atoms with Gasteiger partial charge in [0.1, 0.15) is 0 Å². The van der Waals surface area contributed by atoms with E-state index in [9.17, 15) is 0 Å². The van der Waals surface area contributed by atoms with Gasteiger partial charge in [0.05, 0.1) is 0 Å². The average molecular weight is 183 g/mol. The summed E-state index contributed by atoms with van der Waals surface area (Å²) in [5.74, 6) is 3.51. The van der Waals surface area contributed by atoms with Crippen LogP contribution >= 0.6 is 11.8 Å². The van der Waals surface area contributed by atoms with Gasteiger partial charge in [0, 0.05) is 31.2 Å². The summed E-state index contributed by atoms with van der Waals surface area (Å²) in [5.41, 5.74) is 0. The van der Waals surface area contributed by atoms with E-state index in [0.29, 0.717) is 6.04 Å². The van der Waals surface area contributed by atoms with Crippen molar-refractivity contribution in [3.63, 3.8) is 0 Å². The molecule has 0 radical (unpaired) electrons. The first-order valence-electron chi connectivity index (χ1n) is 4.18. The monoisotopic (exact) mass is 183 g/mol. The fourth-order valence-corrected chi connectivity index (χ4v) is 2.72. The molecule has 0 saturated carbocycles. The summed E-state index contributed by atoms with van der Waals surface area (Å²) in [6.07, 6.45) is 4.95. The molecule has 1 aromatic rings. The Morgan fingerprint density at radius 3 is 3.25 bits per heavy atom. The Labute approximate surface area is 76.6 Å². The number of hydrogen-bond donors (Lipinski definition) is 1. The Morgan fingerprint density at radius 2 is 2.67 bits per heavy atom. The topological polar surface area (TPSA) is 31.9 Å². The lowest BCUT2D eigenvalue weighted by atomic mass is 10.2. The summed E-state index contributed by atoms with van der Waals surface area (Å²) in [4.78, 5) is 9.58. The highest BCUT2D eigenvalue weighted by atomic mass is 32.2. The van der Waals surface area contributed by atoms with E-state index in [1.807, 2.05) is 18.0 Å². The number of rotatable bonds is 2. The minimum Gasteiger partial charge on any atom is -0.342 e. The molecule has 1 fully saturated rings. The predicted octanol–water partition coefficient (Wildman–Crippen LogP) is 1.35. The van der Waals surface area contributed by atoms with Crippen LogP contribution in [0.1, 0.15) is 6.42 Å². The van der Waals surface area contributed by atoms with Crippen molar-refractivity contribution in [3.05, 3.63) is 12.4 Å². The molecule has 0 aliphatic carbocycles. The lowest BCUT2D eigenvalue weighted by molar-refractivity contribution is 0.685. The molecule has 1 aromatic heterocycles. The number of aromatic amines is 1. The molecule has 4 heteroatoms. The van der Waals surface area contributed by atoms with Crippen molar-refractivity contribution in [2.45, 2.75) is 12.5 Å². The van der Waals surface area contributed by atoms with Gasteiger partial charge in [-0.25, -0.2) is 4.98 Å². The van der Waals surface area contributed by atoms with Gasteiger partial charge in [0.2, 0.25) is 5.95 Å². The highest BCUT2D eigenvalue weighted by molar-refractivity contribution is 7.99. The van der Waals surface area contributed by atoms with Crippen molar-refractivity contribution in [2.75, 3.05) is 23.5 Å². The lowest BCUT2D eigenvalue weighted by Crippen LogP contribution is -2.31. The van der Waals surface area contributed by atoms with Crippen molar-refractivity contribution >= 4 is 17.7 Å². The van der Waals surface area contributed by atoms with Crippen LogP contribution < -0.4 is 4.90 Å². The number of H-pyrrole nitrogens is 1. The fourth-order valence-electron chi connectivity index (χ4n) is 1.45. The molecule has 66 valence electrons. The maximum Gasteiger partial charge on any atom is 0.202 e. The molecule has 1 aliphatic heterocycles. The molecule has 1 aliphatic rings. The van der Waals surface area contributed by atoms with Crippen LogP contribution in [0.4, 0.5) is 5.95 Å². The molecule has 1 atom stereocenters. The molecule has 3 nitrogen and oxygen atoms in total. The lowest BCUT2D eigenvalue weighted by Gasteiger charge is -2.22. The van der Waals surface area contributed by atoms with Gasteiger partial charge < -0.3 is 9.88 Å². The molecule has 1 saturated heterocycles. The van der Waals surface area contributed by atoms with Crippen molar-refractivity contribution in [1.82, 2.24) is 9.97 Å². The zero-order valence-corrected chi connectivity index (χ0v) is 7.97. The van der Waals surface area contributed by atoms with Gasteiger partial charge in [0.25, 0.3) is 0 Å². The van der Waals surface area contributed by atoms with E-state index in [-0.39, 0.29) is 0 Å². The van der Waals surface area contributed by atoms with Crippen LogP contribution in [0, 0.1) is 0 Å². The van der Waals surface area contributed by atoms with Crippen molar-refractivity contribution in [2.24, 2.45) is 0 Å². The van der Waals surface area contributed by atoms with E-state index in [1.165, 1.54) is 17.9 Å². The number of hydrogen-bond acceptors (Lipinski definition) is 3. The van der Waals surface area contributed by atoms with E-state index < -0.39 is 0 Å². The molecule has 0 aromatic carbocycles. The smallest absolute Gasteiger partial charge is 0.202 e. The molecule has 2 rings (SSSR count). The molecular formula is C8H13N3S. The Hall–Kier alpha value is -0.640. The van der Waals surface area contributed by atoms with Gasteiger partial charge in [-0.3, -0.25) is 0 Å². The van der Waals surface area contributed by atoms with Gasteiger partial charge in [-0.15, -0.1) is 0 Å². The van der Waals surface area contributed by atoms with Gasteiger partial charge in [-0.2, -0.15) is 11.8 Å². The van der Waals surface area contributed by atoms with E-state index in [1.54, 1.807) is 6.20 Å². The van der Waals surface area contributed by atoms with Crippen LogP contribution in [0.2, 0.25) is 0 Å². The second-order valence-corrected chi connectivity index (χ2v) is 4.19. The van der Waals surface area contributed by atoms with E-state index >= 15 is 0 Å². The molecule has 2 heterocycles. The van der Waals surface area contributed by atoms with Crippen molar-refractivity contribution < 1.29 is 0 Å². The SMILES string of the molecule is CN(c1ncc[nH]1)C1CCSC1. The van der Waals surface area contributed by atoms with Crippen molar-refractivity contribution in [1.29, 1.82) is 0 Å². The largest absolute Gasteiger partial charge is 0.342 e. The standard InChI is InChI=1S/C8H13N3S/c1-11(7-2-5-12-6-7)8-9-3-4-10-8/h3-4,7H,2,5-6H2,1H3,(H,9,10). The first kappa shape index (κ1) is 7.98. The van der Waals surface area contributed by atoms with Crippen LogP contribution in [0.5, 0.6) is 0 Å². The zero-order valence-electron chi connectivity index (χ0n) is 7.16. The van der Waals surface area contributed by atoms with Gasteiger partial charge in [-0.05, 0) is 12.2 Å². The number of nitrogens with zero attached hydrogens (tertiary/aromatic N) is 2. The molecule has 12 heavy (non-hydrogen) atoms. The minimum absolute atomic E-state index is 0.668. The van der Waals surface area contributed by atoms with Gasteiger partial charge in [-0.1, -0.05) is 0 Å². The van der Waals surface area contributed by atoms with Crippen LogP contribution in [-0.2, 0) is 0 Å². The maximum atomic E-state index is 4.22. The average Bonchev–Trinajstić information content (AvgIpc) is 2.77. The minimum atomic E-state index is 0.668. The van der Waals surface area contributed by atoms with Crippen LogP contribution in [0.3, 0.4) is 0 Å². The van der Waals surface area contributed by atoms with Crippen LogP contribution in [0.15, 0.2) is 12.4 Å². The molecule has 1 N–H and O–H groups in total. The second kappa shape index (κ2) is 3.39. The quantitative estimate of drug-likeness (QED) is 0.751. The maximum absolute atomic E-state index is 4.22. The van der Waals surface area contributed by atoms with E-state index in [2.05, 4.69) is 21.9 Å². The van der Waals surface area contributed by atoms with Crippen LogP contribution in [0.25, 0.3) is 0 Å². The Balaban J connectivity index is 2.04. The zero-order chi connectivity index (χ0) is 8.39. The van der Waals surface area contributed by atoms with E-state index in [0.717, 1.165) is 5.95 Å². The fraction of sp³-hybridized carbons (Fsp3) is 0.625. The first-order chi connectivity index (χ1) is 5.88. The Kier molecular flexibility index (Phi) is 2.26. The number of anilines is 1. The highest BCUT2D eigenvalue weighted by Gasteiger charge is 2.21. The third-order valence-corrected chi connectivity index (χ3v) is 3.42. The predicted molar refractivity (Wildman–Crippen MR) is 52.7 cm³/mol. The van der Waals surface area contributed by atoms with Gasteiger partial charge >= 0.3 is 0 Å². The van der Waals surface area contributed by atoms with Crippen LogP contribution in [-0.4, -0.2) is 34.6 Å². The molecule has 1 unspecified atom stereocenters. The summed E-state index contributed by atoms with van der Waals surface area (Å²) in [6, 6.07) is 0.668. The summed E-state index contributed by atoms with van der Waals surface area (Å²) >= 11 is 2.02. The molecule has 0 amide bonds. The number of nitrogens with one attached hydrogen (secondary N) is 1. The third kappa shape index (κ3) is 1.43. The second-order valence-electron chi connectivity index (χ2n) is 3.04. The third-order valence-electron chi connectivity index (χ3n) is 2.27. The number of imidazole rings is 1. The summed E-state index contributed by atoms with van der Waals surface area (Å²) in [6.45, 7) is 0. The molecule has 0 bridgehead atoms. The summed E-state index contributed by atoms with van der Waals surface area (Å²) < 4.78 is 0. The molecular weight excluding hydrogens is 170 g/mol.